The second kappa shape index (κ2) is 6.57. The highest BCUT2D eigenvalue weighted by atomic mass is 79.9. The smallest absolute Gasteiger partial charge is 0.337 e. The number of carboxylic acid groups (broad SMARTS) is 1. The lowest BCUT2D eigenvalue weighted by atomic mass is 9.78. The largest absolute Gasteiger partial charge is 0.479 e. The summed E-state index contributed by atoms with van der Waals surface area (Å²) in [6.07, 6.45) is 1.34. The normalized spacial score (nSPS) is 22.2. The van der Waals surface area contributed by atoms with Crippen molar-refractivity contribution in [1.82, 2.24) is 10.4 Å². The summed E-state index contributed by atoms with van der Waals surface area (Å²) in [7, 11) is 0. The molecule has 6 nitrogen and oxygen atoms in total. The van der Waals surface area contributed by atoms with Crippen LogP contribution in [-0.2, 0) is 14.4 Å². The fraction of sp³-hybridized carbons (Fsp3) is 0.882. The second-order valence-corrected chi connectivity index (χ2v) is 10.9. The molecule has 1 fully saturated rings. The third-order valence-electron chi connectivity index (χ3n) is 4.30. The molecule has 7 heteroatoms. The van der Waals surface area contributed by atoms with Crippen molar-refractivity contribution in [3.05, 3.63) is 0 Å². The van der Waals surface area contributed by atoms with Crippen LogP contribution in [-0.4, -0.2) is 49.1 Å². The minimum absolute atomic E-state index is 0.00730. The molecule has 0 aromatic carbocycles. The van der Waals surface area contributed by atoms with Crippen molar-refractivity contribution in [2.75, 3.05) is 0 Å². The summed E-state index contributed by atoms with van der Waals surface area (Å²) in [5, 5.41) is 14.2. The van der Waals surface area contributed by atoms with Gasteiger partial charge in [0.05, 0.1) is 4.32 Å². The molecular formula is C17H31BrN2O4. The number of rotatable bonds is 5. The molecule has 1 aliphatic heterocycles. The molecule has 24 heavy (non-hydrogen) atoms. The molecule has 0 bridgehead atoms. The maximum Gasteiger partial charge on any atom is 0.337 e. The van der Waals surface area contributed by atoms with Crippen molar-refractivity contribution < 1.29 is 19.5 Å². The van der Waals surface area contributed by atoms with E-state index in [2.05, 4.69) is 21.2 Å². The summed E-state index contributed by atoms with van der Waals surface area (Å²) in [5.74, 6) is -1.06. The Balaban J connectivity index is 2.99. The fourth-order valence-electron chi connectivity index (χ4n) is 3.24. The predicted molar refractivity (Wildman–Crippen MR) is 97.0 cm³/mol. The van der Waals surface area contributed by atoms with Gasteiger partial charge in [-0.15, -0.1) is 0 Å². The Morgan fingerprint density at radius 2 is 1.54 bits per heavy atom. The van der Waals surface area contributed by atoms with Gasteiger partial charge in [-0.05, 0) is 68.2 Å². The highest BCUT2D eigenvalue weighted by molar-refractivity contribution is 9.10. The number of nitrogens with zero attached hydrogens (tertiary/aromatic N) is 1. The molecule has 0 radical (unpaired) electrons. The van der Waals surface area contributed by atoms with Gasteiger partial charge in [0.2, 0.25) is 5.91 Å². The Bertz CT molecular complexity index is 491. The molecule has 0 atom stereocenters. The predicted octanol–water partition coefficient (Wildman–Crippen LogP) is 3.09. The van der Waals surface area contributed by atoms with Crippen LogP contribution in [0.15, 0.2) is 0 Å². The number of alkyl halides is 1. The van der Waals surface area contributed by atoms with Gasteiger partial charge in [-0.25, -0.2) is 4.79 Å². The number of piperidine rings is 1. The van der Waals surface area contributed by atoms with Gasteiger partial charge >= 0.3 is 5.97 Å². The van der Waals surface area contributed by atoms with Gasteiger partial charge in [0, 0.05) is 17.1 Å². The number of hydrogen-bond donors (Lipinski definition) is 2. The number of hydroxylamine groups is 2. The number of amides is 1. The van der Waals surface area contributed by atoms with Crippen molar-refractivity contribution in [3.8, 4) is 0 Å². The van der Waals surface area contributed by atoms with Gasteiger partial charge in [0.1, 0.15) is 0 Å². The van der Waals surface area contributed by atoms with Crippen LogP contribution in [0.2, 0.25) is 0 Å². The first-order chi connectivity index (χ1) is 10.5. The molecule has 1 aliphatic rings. The van der Waals surface area contributed by atoms with E-state index in [0.29, 0.717) is 12.8 Å². The van der Waals surface area contributed by atoms with E-state index in [-0.39, 0.29) is 11.9 Å². The summed E-state index contributed by atoms with van der Waals surface area (Å²) in [5.41, 5.74) is -2.17. The Hall–Kier alpha value is -0.660. The molecule has 0 saturated carbocycles. The zero-order chi connectivity index (χ0) is 19.1. The molecule has 0 aromatic rings. The number of carbonyl (C=O) groups excluding carboxylic acids is 1. The molecule has 1 amide bonds. The monoisotopic (exact) mass is 406 g/mol. The summed E-state index contributed by atoms with van der Waals surface area (Å²) >= 11 is 3.38. The highest BCUT2D eigenvalue weighted by Crippen LogP contribution is 2.40. The van der Waals surface area contributed by atoms with Crippen LogP contribution in [0, 0.1) is 0 Å². The SMILES string of the molecule is CC(C)(Br)C(=O)NC1CC(C)(C)N(OC(C)(C)C(=O)O)C(C)(C)C1. The molecule has 0 aromatic heterocycles. The van der Waals surface area contributed by atoms with Crippen molar-refractivity contribution in [3.63, 3.8) is 0 Å². The molecule has 1 saturated heterocycles. The Kier molecular flexibility index (Phi) is 5.86. The summed E-state index contributed by atoms with van der Waals surface area (Å²) in [6, 6.07) is -0.00730. The lowest BCUT2D eigenvalue weighted by Crippen LogP contribution is -2.66. The summed E-state index contributed by atoms with van der Waals surface area (Å²) in [6.45, 7) is 14.7. The number of aliphatic carboxylic acids is 1. The minimum atomic E-state index is -1.32. The first-order valence-electron chi connectivity index (χ1n) is 8.22. The van der Waals surface area contributed by atoms with Gasteiger partial charge in [-0.3, -0.25) is 9.63 Å². The third-order valence-corrected chi connectivity index (χ3v) is 4.66. The minimum Gasteiger partial charge on any atom is -0.479 e. The highest BCUT2D eigenvalue weighted by Gasteiger charge is 2.50. The third kappa shape index (κ3) is 4.92. The Labute approximate surface area is 153 Å². The zero-order valence-electron chi connectivity index (χ0n) is 16.0. The van der Waals surface area contributed by atoms with Gasteiger partial charge < -0.3 is 10.4 Å². The van der Waals surface area contributed by atoms with Crippen LogP contribution >= 0.6 is 15.9 Å². The van der Waals surface area contributed by atoms with E-state index in [4.69, 9.17) is 4.84 Å². The second-order valence-electron chi connectivity index (χ2n) is 8.88. The van der Waals surface area contributed by atoms with Crippen molar-refractivity contribution in [1.29, 1.82) is 0 Å². The van der Waals surface area contributed by atoms with Gasteiger partial charge in [-0.2, -0.15) is 5.06 Å². The van der Waals surface area contributed by atoms with Crippen molar-refractivity contribution in [2.24, 2.45) is 0 Å². The van der Waals surface area contributed by atoms with Crippen molar-refractivity contribution in [2.45, 2.75) is 95.3 Å². The standard InChI is InChI=1S/C17H31BrN2O4/c1-14(2)9-11(19-12(21)16(5,6)18)10-15(3,4)20(14)24-17(7,8)13(22)23/h11H,9-10H2,1-8H3,(H,19,21)(H,22,23). The first kappa shape index (κ1) is 21.4. The molecule has 1 rings (SSSR count). The van der Waals surface area contributed by atoms with Crippen LogP contribution in [0.4, 0.5) is 0 Å². The topological polar surface area (TPSA) is 78.9 Å². The van der Waals surface area contributed by atoms with E-state index < -0.39 is 27.0 Å². The maximum atomic E-state index is 12.3. The van der Waals surface area contributed by atoms with Crippen LogP contribution in [0.1, 0.15) is 68.2 Å². The summed E-state index contributed by atoms with van der Waals surface area (Å²) < 4.78 is -0.625. The average Bonchev–Trinajstić information content (AvgIpc) is 2.31. The van der Waals surface area contributed by atoms with Gasteiger partial charge in [-0.1, -0.05) is 15.9 Å². The van der Waals surface area contributed by atoms with E-state index in [1.165, 1.54) is 0 Å². The van der Waals surface area contributed by atoms with E-state index in [0.717, 1.165) is 0 Å². The average molecular weight is 407 g/mol. The fourth-order valence-corrected chi connectivity index (χ4v) is 3.35. The van der Waals surface area contributed by atoms with E-state index >= 15 is 0 Å². The lowest BCUT2D eigenvalue weighted by molar-refractivity contribution is -0.325. The number of carboxylic acids is 1. The molecular weight excluding hydrogens is 376 g/mol. The number of hydrogen-bond acceptors (Lipinski definition) is 4. The molecule has 140 valence electrons. The van der Waals surface area contributed by atoms with E-state index in [1.807, 2.05) is 41.5 Å². The van der Waals surface area contributed by atoms with Gasteiger partial charge in [0.15, 0.2) is 5.60 Å². The number of halogens is 1. The molecule has 0 aliphatic carbocycles. The quantitative estimate of drug-likeness (QED) is 0.685. The van der Waals surface area contributed by atoms with Gasteiger partial charge in [0.25, 0.3) is 0 Å². The molecule has 2 N–H and O–H groups in total. The van der Waals surface area contributed by atoms with Crippen molar-refractivity contribution >= 4 is 27.8 Å². The van der Waals surface area contributed by atoms with Crippen LogP contribution in [0.25, 0.3) is 0 Å². The molecule has 1 heterocycles. The number of nitrogens with one attached hydrogen (secondary N) is 1. The van der Waals surface area contributed by atoms with Crippen LogP contribution in [0.5, 0.6) is 0 Å². The first-order valence-corrected chi connectivity index (χ1v) is 9.01. The summed E-state index contributed by atoms with van der Waals surface area (Å²) in [4.78, 5) is 29.6. The van der Waals surface area contributed by atoms with E-state index in [1.54, 1.807) is 18.9 Å². The van der Waals surface area contributed by atoms with Crippen LogP contribution in [0.3, 0.4) is 0 Å². The lowest BCUT2D eigenvalue weighted by Gasteiger charge is -2.55. The Morgan fingerprint density at radius 1 is 1.12 bits per heavy atom. The molecule has 0 unspecified atom stereocenters. The van der Waals surface area contributed by atoms with E-state index in [9.17, 15) is 14.7 Å². The molecule has 0 spiro atoms. The maximum absolute atomic E-state index is 12.3. The van der Waals surface area contributed by atoms with Crippen LogP contribution < -0.4 is 5.32 Å². The Morgan fingerprint density at radius 3 is 1.88 bits per heavy atom. The zero-order valence-corrected chi connectivity index (χ0v) is 17.6. The number of carbonyl (C=O) groups is 2.